The van der Waals surface area contributed by atoms with Gasteiger partial charge in [-0.05, 0) is 36.8 Å². The van der Waals surface area contributed by atoms with Crippen molar-refractivity contribution in [3.63, 3.8) is 0 Å². The average Bonchev–Trinajstić information content (AvgIpc) is 2.29. The molecule has 1 aliphatic rings. The van der Waals surface area contributed by atoms with Crippen LogP contribution in [0.4, 0.5) is 5.69 Å². The summed E-state index contributed by atoms with van der Waals surface area (Å²) in [4.78, 5) is 14.3. The van der Waals surface area contributed by atoms with E-state index in [1.165, 1.54) is 12.6 Å². The van der Waals surface area contributed by atoms with Gasteiger partial charge in [0.1, 0.15) is 6.20 Å². The topological polar surface area (TPSA) is 56.0 Å². The minimum atomic E-state index is -0.359. The lowest BCUT2D eigenvalue weighted by Crippen LogP contribution is -2.04. The number of nitrogens with zero attached hydrogens (tertiary/aromatic N) is 2. The maximum atomic E-state index is 10.9. The van der Waals surface area contributed by atoms with Crippen molar-refractivity contribution < 1.29 is 4.92 Å². The SMILES string of the molecule is C[C@@H]1CCC=C(c2ccncc2[N+](=O)[O-])C1. The molecule has 0 radical (unpaired) electrons. The lowest BCUT2D eigenvalue weighted by molar-refractivity contribution is -0.385. The Hall–Kier alpha value is -1.71. The second kappa shape index (κ2) is 4.43. The molecular weight excluding hydrogens is 204 g/mol. The van der Waals surface area contributed by atoms with Gasteiger partial charge in [-0.1, -0.05) is 13.0 Å². The number of rotatable bonds is 2. The molecule has 1 aromatic rings. The highest BCUT2D eigenvalue weighted by Crippen LogP contribution is 2.34. The van der Waals surface area contributed by atoms with Crippen LogP contribution in [-0.2, 0) is 0 Å². The Morgan fingerprint density at radius 2 is 2.38 bits per heavy atom. The molecule has 1 aromatic heterocycles. The number of pyridine rings is 1. The Balaban J connectivity index is 2.40. The zero-order valence-corrected chi connectivity index (χ0v) is 9.22. The van der Waals surface area contributed by atoms with Crippen LogP contribution >= 0.6 is 0 Å². The molecule has 0 fully saturated rings. The second-order valence-electron chi connectivity index (χ2n) is 4.27. The van der Waals surface area contributed by atoms with Crippen molar-refractivity contribution in [2.45, 2.75) is 26.2 Å². The van der Waals surface area contributed by atoms with Crippen molar-refractivity contribution in [3.05, 3.63) is 40.2 Å². The molecule has 2 rings (SSSR count). The number of hydrogen-bond donors (Lipinski definition) is 0. The molecule has 84 valence electrons. The number of nitro groups is 1. The summed E-state index contributed by atoms with van der Waals surface area (Å²) in [6.07, 6.45) is 8.16. The molecule has 4 heteroatoms. The molecule has 0 saturated heterocycles. The van der Waals surface area contributed by atoms with Gasteiger partial charge in [-0.15, -0.1) is 0 Å². The van der Waals surface area contributed by atoms with Crippen molar-refractivity contribution in [3.8, 4) is 0 Å². The fraction of sp³-hybridized carbons (Fsp3) is 0.417. The first kappa shape index (κ1) is 10.8. The highest BCUT2D eigenvalue weighted by molar-refractivity contribution is 5.72. The maximum absolute atomic E-state index is 10.9. The summed E-state index contributed by atoms with van der Waals surface area (Å²) < 4.78 is 0. The first-order chi connectivity index (χ1) is 7.68. The van der Waals surface area contributed by atoms with E-state index >= 15 is 0 Å². The molecule has 0 aliphatic heterocycles. The van der Waals surface area contributed by atoms with E-state index in [0.717, 1.165) is 24.0 Å². The third kappa shape index (κ3) is 2.10. The fourth-order valence-corrected chi connectivity index (χ4v) is 2.13. The lowest BCUT2D eigenvalue weighted by Gasteiger charge is -2.18. The average molecular weight is 218 g/mol. The number of allylic oxidation sites excluding steroid dienone is 2. The van der Waals surface area contributed by atoms with Crippen molar-refractivity contribution in [2.24, 2.45) is 5.92 Å². The van der Waals surface area contributed by atoms with E-state index in [4.69, 9.17) is 0 Å². The minimum absolute atomic E-state index is 0.114. The Labute approximate surface area is 94.2 Å². The molecule has 0 saturated carbocycles. The molecule has 0 aromatic carbocycles. The third-order valence-electron chi connectivity index (χ3n) is 2.96. The second-order valence-corrected chi connectivity index (χ2v) is 4.27. The van der Waals surface area contributed by atoms with Gasteiger partial charge in [-0.25, -0.2) is 0 Å². The summed E-state index contributed by atoms with van der Waals surface area (Å²) in [6.45, 7) is 2.18. The lowest BCUT2D eigenvalue weighted by atomic mass is 9.86. The molecule has 4 nitrogen and oxygen atoms in total. The van der Waals surface area contributed by atoms with Gasteiger partial charge in [-0.3, -0.25) is 15.1 Å². The van der Waals surface area contributed by atoms with Crippen LogP contribution < -0.4 is 0 Å². The van der Waals surface area contributed by atoms with Gasteiger partial charge in [0.15, 0.2) is 0 Å². The zero-order chi connectivity index (χ0) is 11.5. The quantitative estimate of drug-likeness (QED) is 0.565. The highest BCUT2D eigenvalue weighted by atomic mass is 16.6. The predicted octanol–water partition coefficient (Wildman–Crippen LogP) is 3.19. The largest absolute Gasteiger partial charge is 0.294 e. The van der Waals surface area contributed by atoms with Crippen molar-refractivity contribution in [1.29, 1.82) is 0 Å². The van der Waals surface area contributed by atoms with Crippen LogP contribution in [-0.4, -0.2) is 9.91 Å². The maximum Gasteiger partial charge on any atom is 0.294 e. The van der Waals surface area contributed by atoms with Crippen molar-refractivity contribution in [1.82, 2.24) is 4.98 Å². The highest BCUT2D eigenvalue weighted by Gasteiger charge is 2.20. The first-order valence-electron chi connectivity index (χ1n) is 5.46. The zero-order valence-electron chi connectivity index (χ0n) is 9.22. The standard InChI is InChI=1S/C12H14N2O2/c1-9-3-2-4-10(7-9)11-5-6-13-8-12(11)14(15)16/h4-6,8-9H,2-3,7H2,1H3/t9-/m1/s1. The van der Waals surface area contributed by atoms with Crippen LogP contribution in [0.15, 0.2) is 24.5 Å². The fourth-order valence-electron chi connectivity index (χ4n) is 2.13. The van der Waals surface area contributed by atoms with Gasteiger partial charge in [0.2, 0.25) is 0 Å². The predicted molar refractivity (Wildman–Crippen MR) is 61.9 cm³/mol. The van der Waals surface area contributed by atoms with Crippen LogP contribution in [0.2, 0.25) is 0 Å². The van der Waals surface area contributed by atoms with Crippen molar-refractivity contribution in [2.75, 3.05) is 0 Å². The van der Waals surface area contributed by atoms with Gasteiger partial charge in [-0.2, -0.15) is 0 Å². The molecule has 0 bridgehead atoms. The van der Waals surface area contributed by atoms with Crippen molar-refractivity contribution >= 4 is 11.3 Å². The van der Waals surface area contributed by atoms with E-state index in [-0.39, 0.29) is 10.6 Å². The van der Waals surface area contributed by atoms with Gasteiger partial charge in [0.05, 0.1) is 10.5 Å². The van der Waals surface area contributed by atoms with Crippen LogP contribution in [0, 0.1) is 16.0 Å². The van der Waals surface area contributed by atoms with E-state index in [9.17, 15) is 10.1 Å². The smallest absolute Gasteiger partial charge is 0.258 e. The Morgan fingerprint density at radius 3 is 3.06 bits per heavy atom. The normalized spacial score (nSPS) is 20.3. The monoisotopic (exact) mass is 218 g/mol. The van der Waals surface area contributed by atoms with E-state index in [1.807, 2.05) is 0 Å². The summed E-state index contributed by atoms with van der Waals surface area (Å²) in [6, 6.07) is 1.74. The molecule has 16 heavy (non-hydrogen) atoms. The number of hydrogen-bond acceptors (Lipinski definition) is 3. The van der Waals surface area contributed by atoms with E-state index in [2.05, 4.69) is 18.0 Å². The molecule has 0 unspecified atom stereocenters. The van der Waals surface area contributed by atoms with Crippen LogP contribution in [0.5, 0.6) is 0 Å². The van der Waals surface area contributed by atoms with Crippen LogP contribution in [0.3, 0.4) is 0 Å². The molecule has 0 amide bonds. The summed E-state index contributed by atoms with van der Waals surface area (Å²) in [5.74, 6) is 0.604. The molecule has 0 N–H and O–H groups in total. The van der Waals surface area contributed by atoms with E-state index in [1.54, 1.807) is 12.3 Å². The summed E-state index contributed by atoms with van der Waals surface area (Å²) in [7, 11) is 0. The van der Waals surface area contributed by atoms with E-state index in [0.29, 0.717) is 5.92 Å². The Morgan fingerprint density at radius 1 is 1.56 bits per heavy atom. The van der Waals surface area contributed by atoms with Gasteiger partial charge in [0, 0.05) is 6.20 Å². The summed E-state index contributed by atoms with van der Waals surface area (Å²) in [5.41, 5.74) is 1.93. The number of aromatic nitrogens is 1. The van der Waals surface area contributed by atoms with Crippen LogP contribution in [0.1, 0.15) is 31.7 Å². The Kier molecular flexibility index (Phi) is 2.99. The first-order valence-corrected chi connectivity index (χ1v) is 5.46. The minimum Gasteiger partial charge on any atom is -0.258 e. The summed E-state index contributed by atoms with van der Waals surface area (Å²) in [5, 5.41) is 10.9. The molecule has 1 aliphatic carbocycles. The summed E-state index contributed by atoms with van der Waals surface area (Å²) >= 11 is 0. The van der Waals surface area contributed by atoms with E-state index < -0.39 is 0 Å². The third-order valence-corrected chi connectivity index (χ3v) is 2.96. The van der Waals surface area contributed by atoms with Gasteiger partial charge < -0.3 is 0 Å². The molecular formula is C12H14N2O2. The van der Waals surface area contributed by atoms with Gasteiger partial charge >= 0.3 is 0 Å². The Bertz CT molecular complexity index is 440. The molecule has 1 heterocycles. The van der Waals surface area contributed by atoms with Crippen LogP contribution in [0.25, 0.3) is 5.57 Å². The molecule has 0 spiro atoms. The van der Waals surface area contributed by atoms with Gasteiger partial charge in [0.25, 0.3) is 5.69 Å². The molecule has 1 atom stereocenters.